The summed E-state index contributed by atoms with van der Waals surface area (Å²) >= 11 is 0. The van der Waals surface area contributed by atoms with Crippen LogP contribution in [0.15, 0.2) is 0 Å². The van der Waals surface area contributed by atoms with E-state index in [1.165, 1.54) is 0 Å². The summed E-state index contributed by atoms with van der Waals surface area (Å²) < 4.78 is 35.9. The quantitative estimate of drug-likeness (QED) is 0.704. The van der Waals surface area contributed by atoms with Crippen molar-refractivity contribution in [3.8, 4) is 0 Å². The first-order valence-corrected chi connectivity index (χ1v) is 4.27. The zero-order chi connectivity index (χ0) is 9.19. The molecule has 1 fully saturated rings. The van der Waals surface area contributed by atoms with Crippen LogP contribution in [0.3, 0.4) is 0 Å². The SMILES string of the molecule is CNC(CC(F)(F)F)C1CCC1. The van der Waals surface area contributed by atoms with Crippen LogP contribution < -0.4 is 5.32 Å². The van der Waals surface area contributed by atoms with Gasteiger partial charge in [0, 0.05) is 6.04 Å². The molecule has 1 aliphatic carbocycles. The average molecular weight is 181 g/mol. The third kappa shape index (κ3) is 2.66. The maximum atomic E-state index is 12.0. The van der Waals surface area contributed by atoms with Gasteiger partial charge in [0.2, 0.25) is 0 Å². The highest BCUT2D eigenvalue weighted by molar-refractivity contribution is 4.83. The Bertz CT molecular complexity index is 140. The number of hydrogen-bond donors (Lipinski definition) is 1. The van der Waals surface area contributed by atoms with Crippen LogP contribution in [0.25, 0.3) is 0 Å². The fraction of sp³-hybridized carbons (Fsp3) is 1.00. The van der Waals surface area contributed by atoms with Crippen LogP contribution in [0.2, 0.25) is 0 Å². The fourth-order valence-corrected chi connectivity index (χ4v) is 1.60. The highest BCUT2D eigenvalue weighted by atomic mass is 19.4. The van der Waals surface area contributed by atoms with Crippen LogP contribution in [0.1, 0.15) is 25.7 Å². The molecule has 0 aromatic rings. The Morgan fingerprint density at radius 3 is 2.25 bits per heavy atom. The van der Waals surface area contributed by atoms with Gasteiger partial charge in [-0.15, -0.1) is 0 Å². The van der Waals surface area contributed by atoms with Crippen molar-refractivity contribution in [2.45, 2.75) is 37.9 Å². The Labute approximate surface area is 70.3 Å². The summed E-state index contributed by atoms with van der Waals surface area (Å²) in [6, 6.07) is -0.362. The van der Waals surface area contributed by atoms with E-state index in [2.05, 4.69) is 5.32 Å². The normalized spacial score (nSPS) is 22.0. The first-order chi connectivity index (χ1) is 5.53. The molecule has 1 saturated carbocycles. The predicted octanol–water partition coefficient (Wildman–Crippen LogP) is 2.33. The number of nitrogens with one attached hydrogen (secondary N) is 1. The van der Waals surface area contributed by atoms with Crippen LogP contribution in [0, 0.1) is 5.92 Å². The van der Waals surface area contributed by atoms with Crippen molar-refractivity contribution >= 4 is 0 Å². The van der Waals surface area contributed by atoms with Gasteiger partial charge in [-0.1, -0.05) is 6.42 Å². The molecule has 1 atom stereocenters. The molecule has 12 heavy (non-hydrogen) atoms. The lowest BCUT2D eigenvalue weighted by Gasteiger charge is -2.34. The van der Waals surface area contributed by atoms with Crippen molar-refractivity contribution in [1.82, 2.24) is 5.32 Å². The van der Waals surface area contributed by atoms with Gasteiger partial charge in [-0.3, -0.25) is 0 Å². The summed E-state index contributed by atoms with van der Waals surface area (Å²) in [7, 11) is 1.61. The monoisotopic (exact) mass is 181 g/mol. The van der Waals surface area contributed by atoms with Gasteiger partial charge in [-0.05, 0) is 25.8 Å². The topological polar surface area (TPSA) is 12.0 Å². The van der Waals surface area contributed by atoms with Crippen molar-refractivity contribution in [3.63, 3.8) is 0 Å². The van der Waals surface area contributed by atoms with E-state index in [1.807, 2.05) is 0 Å². The predicted molar refractivity (Wildman–Crippen MR) is 40.9 cm³/mol. The fourth-order valence-electron chi connectivity index (χ4n) is 1.60. The molecule has 1 aliphatic rings. The minimum atomic E-state index is -4.02. The molecule has 0 spiro atoms. The number of rotatable bonds is 3. The Morgan fingerprint density at radius 1 is 1.42 bits per heavy atom. The Hall–Kier alpha value is -0.250. The molecule has 0 radical (unpaired) electrons. The smallest absolute Gasteiger partial charge is 0.316 e. The van der Waals surface area contributed by atoms with Crippen LogP contribution >= 0.6 is 0 Å². The second-order valence-corrected chi connectivity index (χ2v) is 3.41. The average Bonchev–Trinajstić information content (AvgIpc) is 1.79. The molecule has 1 unspecified atom stereocenters. The maximum Gasteiger partial charge on any atom is 0.390 e. The van der Waals surface area contributed by atoms with E-state index in [4.69, 9.17) is 0 Å². The van der Waals surface area contributed by atoms with Crippen molar-refractivity contribution in [2.75, 3.05) is 7.05 Å². The molecule has 1 N–H and O–H groups in total. The van der Waals surface area contributed by atoms with E-state index in [1.54, 1.807) is 7.05 Å². The molecule has 0 saturated heterocycles. The lowest BCUT2D eigenvalue weighted by atomic mass is 9.78. The second-order valence-electron chi connectivity index (χ2n) is 3.41. The van der Waals surface area contributed by atoms with Crippen molar-refractivity contribution in [1.29, 1.82) is 0 Å². The number of hydrogen-bond acceptors (Lipinski definition) is 1. The lowest BCUT2D eigenvalue weighted by molar-refractivity contribution is -0.144. The van der Waals surface area contributed by atoms with E-state index in [-0.39, 0.29) is 12.0 Å². The van der Waals surface area contributed by atoms with E-state index in [9.17, 15) is 13.2 Å². The molecule has 0 aromatic carbocycles. The summed E-state index contributed by atoms with van der Waals surface area (Å²) in [5, 5.41) is 2.74. The zero-order valence-corrected chi connectivity index (χ0v) is 7.12. The summed E-state index contributed by atoms with van der Waals surface area (Å²) in [6.07, 6.45) is -1.73. The summed E-state index contributed by atoms with van der Waals surface area (Å²) in [5.41, 5.74) is 0. The Morgan fingerprint density at radius 2 is 2.00 bits per heavy atom. The zero-order valence-electron chi connectivity index (χ0n) is 7.12. The number of alkyl halides is 3. The van der Waals surface area contributed by atoms with Crippen LogP contribution in [-0.4, -0.2) is 19.3 Å². The van der Waals surface area contributed by atoms with Gasteiger partial charge in [-0.25, -0.2) is 0 Å². The van der Waals surface area contributed by atoms with E-state index in [0.29, 0.717) is 0 Å². The van der Waals surface area contributed by atoms with Gasteiger partial charge in [0.05, 0.1) is 6.42 Å². The molecule has 0 bridgehead atoms. The summed E-state index contributed by atoms with van der Waals surface area (Å²) in [6.45, 7) is 0. The van der Waals surface area contributed by atoms with Gasteiger partial charge in [0.1, 0.15) is 0 Å². The van der Waals surface area contributed by atoms with Gasteiger partial charge < -0.3 is 5.32 Å². The third-order valence-corrected chi connectivity index (χ3v) is 2.54. The van der Waals surface area contributed by atoms with Gasteiger partial charge in [0.15, 0.2) is 0 Å². The third-order valence-electron chi connectivity index (χ3n) is 2.54. The van der Waals surface area contributed by atoms with Gasteiger partial charge in [0.25, 0.3) is 0 Å². The molecule has 1 nitrogen and oxygen atoms in total. The molecule has 0 amide bonds. The lowest BCUT2D eigenvalue weighted by Crippen LogP contribution is -2.40. The van der Waals surface area contributed by atoms with Crippen molar-refractivity contribution in [3.05, 3.63) is 0 Å². The molecular formula is C8H14F3N. The van der Waals surface area contributed by atoms with E-state index < -0.39 is 12.6 Å². The molecule has 1 rings (SSSR count). The highest BCUT2D eigenvalue weighted by Gasteiger charge is 2.36. The Kier molecular flexibility index (Phi) is 2.99. The molecule has 4 heteroatoms. The summed E-state index contributed by atoms with van der Waals surface area (Å²) in [4.78, 5) is 0. The van der Waals surface area contributed by atoms with Gasteiger partial charge >= 0.3 is 6.18 Å². The summed E-state index contributed by atoms with van der Waals surface area (Å²) in [5.74, 6) is 0.247. The maximum absolute atomic E-state index is 12.0. The largest absolute Gasteiger partial charge is 0.390 e. The first kappa shape index (κ1) is 9.84. The van der Waals surface area contributed by atoms with E-state index in [0.717, 1.165) is 19.3 Å². The molecular weight excluding hydrogens is 167 g/mol. The van der Waals surface area contributed by atoms with Crippen LogP contribution in [0.4, 0.5) is 13.2 Å². The Balaban J connectivity index is 2.34. The van der Waals surface area contributed by atoms with E-state index >= 15 is 0 Å². The van der Waals surface area contributed by atoms with Crippen LogP contribution in [-0.2, 0) is 0 Å². The molecule has 0 heterocycles. The minimum Gasteiger partial charge on any atom is -0.316 e. The van der Waals surface area contributed by atoms with Crippen molar-refractivity contribution in [2.24, 2.45) is 5.92 Å². The van der Waals surface area contributed by atoms with Gasteiger partial charge in [-0.2, -0.15) is 13.2 Å². The molecule has 0 aliphatic heterocycles. The second kappa shape index (κ2) is 3.64. The molecule has 72 valence electrons. The minimum absolute atomic E-state index is 0.247. The number of halogens is 3. The van der Waals surface area contributed by atoms with Crippen molar-refractivity contribution < 1.29 is 13.2 Å². The first-order valence-electron chi connectivity index (χ1n) is 4.27. The molecule has 0 aromatic heterocycles. The van der Waals surface area contributed by atoms with Crippen LogP contribution in [0.5, 0.6) is 0 Å². The standard InChI is InChI=1S/C8H14F3N/c1-12-7(5-8(9,10)11)6-3-2-4-6/h6-7,12H,2-5H2,1H3. The highest BCUT2D eigenvalue weighted by Crippen LogP contribution is 2.34.